The van der Waals surface area contributed by atoms with Gasteiger partial charge in [0.1, 0.15) is 0 Å². The van der Waals surface area contributed by atoms with Crippen LogP contribution >= 0.6 is 0 Å². The molecule has 1 aliphatic rings. The molecule has 0 saturated heterocycles. The van der Waals surface area contributed by atoms with Gasteiger partial charge in [0, 0.05) is 18.6 Å². The number of ether oxygens (including phenoxy) is 1. The Kier molecular flexibility index (Phi) is 4.95. The second-order valence-electron chi connectivity index (χ2n) is 5.19. The average Bonchev–Trinajstić information content (AvgIpc) is 2.86. The lowest BCUT2D eigenvalue weighted by molar-refractivity contribution is -0.121. The normalized spacial score (nSPS) is 21.8. The first-order chi connectivity index (χ1) is 9.63. The Morgan fingerprint density at radius 3 is 2.95 bits per heavy atom. The van der Waals surface area contributed by atoms with Crippen molar-refractivity contribution in [1.82, 2.24) is 5.32 Å². The van der Waals surface area contributed by atoms with Crippen LogP contribution in [-0.2, 0) is 11.2 Å². The fourth-order valence-electron chi connectivity index (χ4n) is 2.71. The third-order valence-electron chi connectivity index (χ3n) is 3.82. The first-order valence-corrected chi connectivity index (χ1v) is 6.86. The van der Waals surface area contributed by atoms with E-state index in [1.807, 2.05) is 0 Å². The quantitative estimate of drug-likeness (QED) is 0.863. The molecule has 0 aromatic heterocycles. The largest absolute Gasteiger partial charge is 0.494 e. The molecule has 5 heteroatoms. The van der Waals surface area contributed by atoms with Crippen LogP contribution in [-0.4, -0.2) is 30.8 Å². The number of hydrogen-bond acceptors (Lipinski definition) is 3. The maximum atomic E-state index is 13.5. The smallest absolute Gasteiger partial charge is 0.224 e. The van der Waals surface area contributed by atoms with E-state index in [1.54, 1.807) is 6.07 Å². The van der Waals surface area contributed by atoms with Gasteiger partial charge in [-0.05, 0) is 30.5 Å². The van der Waals surface area contributed by atoms with Gasteiger partial charge in [0.25, 0.3) is 0 Å². The molecule has 0 bridgehead atoms. The lowest BCUT2D eigenvalue weighted by Gasteiger charge is -2.19. The minimum atomic E-state index is -0.466. The van der Waals surface area contributed by atoms with Crippen molar-refractivity contribution < 1.29 is 19.0 Å². The van der Waals surface area contributed by atoms with Crippen molar-refractivity contribution in [3.63, 3.8) is 0 Å². The summed E-state index contributed by atoms with van der Waals surface area (Å²) in [5.74, 6) is -0.288. The van der Waals surface area contributed by atoms with Crippen molar-refractivity contribution in [3.05, 3.63) is 29.6 Å². The Labute approximate surface area is 117 Å². The molecule has 1 aromatic carbocycles. The molecule has 20 heavy (non-hydrogen) atoms. The summed E-state index contributed by atoms with van der Waals surface area (Å²) in [6.45, 7) is 0.0993. The maximum absolute atomic E-state index is 13.5. The number of benzene rings is 1. The van der Waals surface area contributed by atoms with Gasteiger partial charge in [-0.2, -0.15) is 0 Å². The first kappa shape index (κ1) is 14.8. The van der Waals surface area contributed by atoms with Crippen LogP contribution in [0.25, 0.3) is 0 Å². The van der Waals surface area contributed by atoms with Gasteiger partial charge >= 0.3 is 0 Å². The molecule has 2 atom stereocenters. The highest BCUT2D eigenvalue weighted by atomic mass is 19.1. The topological polar surface area (TPSA) is 58.6 Å². The molecule has 1 saturated carbocycles. The Hall–Kier alpha value is -1.62. The van der Waals surface area contributed by atoms with Gasteiger partial charge in [0.15, 0.2) is 11.6 Å². The molecular formula is C15H20FNO3. The van der Waals surface area contributed by atoms with Crippen LogP contribution in [0, 0.1) is 11.7 Å². The van der Waals surface area contributed by atoms with Crippen LogP contribution in [0.5, 0.6) is 5.75 Å². The van der Waals surface area contributed by atoms with Gasteiger partial charge in [0.2, 0.25) is 5.91 Å². The van der Waals surface area contributed by atoms with Crippen LogP contribution in [0.15, 0.2) is 18.2 Å². The van der Waals surface area contributed by atoms with E-state index >= 15 is 0 Å². The van der Waals surface area contributed by atoms with Crippen LogP contribution in [0.2, 0.25) is 0 Å². The number of methoxy groups -OCH3 is 1. The zero-order valence-electron chi connectivity index (χ0n) is 11.6. The van der Waals surface area contributed by atoms with E-state index in [-0.39, 0.29) is 36.6 Å². The van der Waals surface area contributed by atoms with Crippen LogP contribution in [0.1, 0.15) is 24.8 Å². The van der Waals surface area contributed by atoms with Gasteiger partial charge in [-0.1, -0.05) is 12.5 Å². The second-order valence-corrected chi connectivity index (χ2v) is 5.19. The Bertz CT molecular complexity index is 478. The number of rotatable bonds is 5. The van der Waals surface area contributed by atoms with E-state index in [0.29, 0.717) is 5.56 Å². The van der Waals surface area contributed by atoms with Crippen molar-refractivity contribution in [2.45, 2.75) is 31.7 Å². The van der Waals surface area contributed by atoms with Crippen LogP contribution in [0.4, 0.5) is 4.39 Å². The molecule has 1 aromatic rings. The molecule has 1 aliphatic carbocycles. The monoisotopic (exact) mass is 281 g/mol. The van der Waals surface area contributed by atoms with Gasteiger partial charge in [0.05, 0.1) is 13.5 Å². The molecule has 4 nitrogen and oxygen atoms in total. The average molecular weight is 281 g/mol. The molecule has 0 radical (unpaired) electrons. The molecule has 2 unspecified atom stereocenters. The van der Waals surface area contributed by atoms with E-state index in [4.69, 9.17) is 4.74 Å². The van der Waals surface area contributed by atoms with Gasteiger partial charge in [-0.15, -0.1) is 0 Å². The highest BCUT2D eigenvalue weighted by Gasteiger charge is 2.27. The van der Waals surface area contributed by atoms with Crippen molar-refractivity contribution in [2.24, 2.45) is 5.92 Å². The van der Waals surface area contributed by atoms with Crippen LogP contribution < -0.4 is 10.1 Å². The fourth-order valence-corrected chi connectivity index (χ4v) is 2.71. The number of nitrogens with one attached hydrogen (secondary N) is 1. The summed E-state index contributed by atoms with van der Waals surface area (Å²) < 4.78 is 18.4. The Balaban J connectivity index is 1.92. The Morgan fingerprint density at radius 2 is 2.30 bits per heavy atom. The number of halogens is 1. The van der Waals surface area contributed by atoms with Crippen molar-refractivity contribution in [2.75, 3.05) is 13.7 Å². The summed E-state index contributed by atoms with van der Waals surface area (Å²) in [6, 6.07) is 4.55. The molecule has 2 N–H and O–H groups in total. The van der Waals surface area contributed by atoms with Gasteiger partial charge < -0.3 is 15.2 Å². The lowest BCUT2D eigenvalue weighted by atomic mass is 10.0. The molecular weight excluding hydrogens is 261 g/mol. The van der Waals surface area contributed by atoms with E-state index in [2.05, 4.69) is 5.32 Å². The van der Waals surface area contributed by atoms with Gasteiger partial charge in [-0.25, -0.2) is 4.39 Å². The number of aliphatic hydroxyl groups excluding tert-OH is 1. The zero-order valence-corrected chi connectivity index (χ0v) is 11.6. The maximum Gasteiger partial charge on any atom is 0.224 e. The summed E-state index contributed by atoms with van der Waals surface area (Å²) >= 11 is 0. The molecule has 2 rings (SSSR count). The standard InChI is InChI=1S/C15H20FNO3/c1-20-14-6-5-10(7-12(14)16)8-15(19)17-13-4-2-3-11(13)9-18/h5-7,11,13,18H,2-4,8-9H2,1H3,(H,17,19). The lowest BCUT2D eigenvalue weighted by Crippen LogP contribution is -2.39. The highest BCUT2D eigenvalue weighted by molar-refractivity contribution is 5.79. The summed E-state index contributed by atoms with van der Waals surface area (Å²) in [6.07, 6.45) is 3.00. The molecule has 1 fully saturated rings. The van der Waals surface area contributed by atoms with Gasteiger partial charge in [-0.3, -0.25) is 4.79 Å². The third kappa shape index (κ3) is 3.48. The first-order valence-electron chi connectivity index (χ1n) is 6.86. The molecule has 1 amide bonds. The van der Waals surface area contributed by atoms with Crippen molar-refractivity contribution in [1.29, 1.82) is 0 Å². The fraction of sp³-hybridized carbons (Fsp3) is 0.533. The predicted molar refractivity (Wildman–Crippen MR) is 73.0 cm³/mol. The van der Waals surface area contributed by atoms with Crippen LogP contribution in [0.3, 0.4) is 0 Å². The zero-order chi connectivity index (χ0) is 14.5. The van der Waals surface area contributed by atoms with E-state index in [1.165, 1.54) is 19.2 Å². The third-order valence-corrected chi connectivity index (χ3v) is 3.82. The van der Waals surface area contributed by atoms with Crippen molar-refractivity contribution >= 4 is 5.91 Å². The number of carbonyl (C=O) groups excluding carboxylic acids is 1. The number of amides is 1. The molecule has 110 valence electrons. The molecule has 0 heterocycles. The summed E-state index contributed by atoms with van der Waals surface area (Å²) in [5, 5.41) is 12.1. The highest BCUT2D eigenvalue weighted by Crippen LogP contribution is 2.25. The minimum absolute atomic E-state index is 0.0376. The summed E-state index contributed by atoms with van der Waals surface area (Å²) in [4.78, 5) is 11.9. The second kappa shape index (κ2) is 6.70. The summed E-state index contributed by atoms with van der Waals surface area (Å²) in [5.41, 5.74) is 0.611. The minimum Gasteiger partial charge on any atom is -0.494 e. The van der Waals surface area contributed by atoms with E-state index in [0.717, 1.165) is 19.3 Å². The molecule has 0 spiro atoms. The van der Waals surface area contributed by atoms with Crippen molar-refractivity contribution in [3.8, 4) is 5.75 Å². The Morgan fingerprint density at radius 1 is 1.50 bits per heavy atom. The number of carbonyl (C=O) groups is 1. The van der Waals surface area contributed by atoms with E-state index in [9.17, 15) is 14.3 Å². The SMILES string of the molecule is COc1ccc(CC(=O)NC2CCCC2CO)cc1F. The number of aliphatic hydroxyl groups is 1. The molecule has 0 aliphatic heterocycles. The number of hydrogen-bond donors (Lipinski definition) is 2. The predicted octanol–water partition coefficient (Wildman–Crippen LogP) is 1.65. The van der Waals surface area contributed by atoms with E-state index < -0.39 is 5.82 Å². The summed E-state index contributed by atoms with van der Waals surface area (Å²) in [7, 11) is 1.40.